The fourth-order valence-electron chi connectivity index (χ4n) is 2.24. The molecule has 0 atom stereocenters. The number of aliphatic imine (C=N–C) groups is 1. The number of aromatic nitrogens is 1. The highest BCUT2D eigenvalue weighted by Crippen LogP contribution is 2.38. The number of amidine groups is 1. The van der Waals surface area contributed by atoms with Crippen molar-refractivity contribution in [1.82, 2.24) is 4.98 Å². The maximum atomic E-state index is 12.8. The van der Waals surface area contributed by atoms with Crippen molar-refractivity contribution < 1.29 is 17.9 Å². The molecule has 0 saturated carbocycles. The third-order valence-electron chi connectivity index (χ3n) is 3.21. The van der Waals surface area contributed by atoms with Gasteiger partial charge in [0.05, 0.1) is 11.4 Å². The van der Waals surface area contributed by atoms with Crippen molar-refractivity contribution in [2.75, 3.05) is 5.73 Å². The molecule has 1 aromatic carbocycles. The normalized spacial score (nSPS) is 14.0. The summed E-state index contributed by atoms with van der Waals surface area (Å²) in [5, 5.41) is 0. The predicted octanol–water partition coefficient (Wildman–Crippen LogP) is 2.83. The van der Waals surface area contributed by atoms with Crippen LogP contribution in [0.3, 0.4) is 0 Å². The zero-order valence-corrected chi connectivity index (χ0v) is 11.2. The van der Waals surface area contributed by atoms with Gasteiger partial charge in [-0.2, -0.15) is 18.2 Å². The van der Waals surface area contributed by atoms with Crippen LogP contribution in [0.15, 0.2) is 35.3 Å². The van der Waals surface area contributed by atoms with Crippen LogP contribution >= 0.6 is 0 Å². The van der Waals surface area contributed by atoms with E-state index in [0.29, 0.717) is 22.5 Å². The molecule has 4 N–H and O–H groups in total. The van der Waals surface area contributed by atoms with E-state index in [0.717, 1.165) is 6.07 Å². The number of anilines is 1. The molecule has 2 heterocycles. The quantitative estimate of drug-likeness (QED) is 0.793. The van der Waals surface area contributed by atoms with Crippen LogP contribution in [0.25, 0.3) is 11.3 Å². The van der Waals surface area contributed by atoms with Gasteiger partial charge >= 0.3 is 6.18 Å². The van der Waals surface area contributed by atoms with Gasteiger partial charge in [0.1, 0.15) is 12.3 Å². The number of nitrogens with two attached hydrogens (primary N) is 2. The van der Waals surface area contributed by atoms with Crippen molar-refractivity contribution in [1.29, 1.82) is 0 Å². The van der Waals surface area contributed by atoms with Gasteiger partial charge in [-0.3, -0.25) is 0 Å². The summed E-state index contributed by atoms with van der Waals surface area (Å²) >= 11 is 0. The summed E-state index contributed by atoms with van der Waals surface area (Å²) in [4.78, 5) is 7.67. The average Bonchev–Trinajstić information content (AvgIpc) is 2.46. The summed E-state index contributed by atoms with van der Waals surface area (Å²) in [6.45, 7) is 0.0724. The minimum absolute atomic E-state index is 0.000206. The SMILES string of the molecule is NC1=Nc2ccc(N)c(-c3cccc(C(F)(F)F)n3)c2CO1. The molecule has 1 aliphatic heterocycles. The third kappa shape index (κ3) is 2.43. The molecule has 1 aromatic heterocycles. The number of alkyl halides is 3. The molecule has 0 fully saturated rings. The van der Waals surface area contributed by atoms with E-state index in [2.05, 4.69) is 9.98 Å². The molecule has 0 radical (unpaired) electrons. The van der Waals surface area contributed by atoms with Crippen molar-refractivity contribution >= 4 is 17.4 Å². The number of halogens is 3. The lowest BCUT2D eigenvalue weighted by Gasteiger charge is -2.19. The Bertz CT molecular complexity index is 771. The molecule has 2 aromatic rings. The number of nitrogen functional groups attached to an aromatic ring is 1. The van der Waals surface area contributed by atoms with Crippen LogP contribution in [0.1, 0.15) is 11.3 Å². The van der Waals surface area contributed by atoms with E-state index in [1.807, 2.05) is 0 Å². The second-order valence-electron chi connectivity index (χ2n) is 4.67. The van der Waals surface area contributed by atoms with Gasteiger partial charge in [-0.15, -0.1) is 0 Å². The lowest BCUT2D eigenvalue weighted by atomic mass is 9.99. The minimum Gasteiger partial charge on any atom is -0.460 e. The van der Waals surface area contributed by atoms with Crippen LogP contribution in [0.2, 0.25) is 0 Å². The highest BCUT2D eigenvalue weighted by Gasteiger charge is 2.33. The van der Waals surface area contributed by atoms with E-state index >= 15 is 0 Å². The summed E-state index contributed by atoms with van der Waals surface area (Å²) in [6.07, 6.45) is -4.53. The molecule has 0 saturated heterocycles. The molecule has 0 aliphatic carbocycles. The molecule has 22 heavy (non-hydrogen) atoms. The molecule has 114 valence electrons. The van der Waals surface area contributed by atoms with E-state index in [4.69, 9.17) is 16.2 Å². The molecule has 3 rings (SSSR count). The lowest BCUT2D eigenvalue weighted by molar-refractivity contribution is -0.141. The Morgan fingerprint density at radius 3 is 2.59 bits per heavy atom. The predicted molar refractivity (Wildman–Crippen MR) is 75.2 cm³/mol. The van der Waals surface area contributed by atoms with E-state index in [1.165, 1.54) is 12.1 Å². The number of pyridine rings is 1. The summed E-state index contributed by atoms with van der Waals surface area (Å²) in [7, 11) is 0. The minimum atomic E-state index is -4.53. The fraction of sp³-hybridized carbons (Fsp3) is 0.143. The van der Waals surface area contributed by atoms with E-state index < -0.39 is 11.9 Å². The number of hydrogen-bond acceptors (Lipinski definition) is 5. The van der Waals surface area contributed by atoms with Gasteiger partial charge < -0.3 is 16.2 Å². The Balaban J connectivity index is 2.19. The summed E-state index contributed by atoms with van der Waals surface area (Å²) in [6, 6.07) is 6.84. The number of hydrogen-bond donors (Lipinski definition) is 2. The van der Waals surface area contributed by atoms with Crippen LogP contribution in [0.4, 0.5) is 24.5 Å². The van der Waals surface area contributed by atoms with Gasteiger partial charge in [0.2, 0.25) is 0 Å². The molecule has 0 amide bonds. The Labute approximate surface area is 123 Å². The molecular weight excluding hydrogens is 297 g/mol. The second-order valence-corrected chi connectivity index (χ2v) is 4.67. The Hall–Kier alpha value is -2.77. The van der Waals surface area contributed by atoms with Gasteiger partial charge in [0.25, 0.3) is 6.02 Å². The standard InChI is InChI=1S/C14H11F3N4O/c15-14(16,17)11-3-1-2-10(20-11)12-7-6-22-13(19)21-9(7)5-4-8(12)18/h1-5H,6,18H2,(H2,19,21). The highest BCUT2D eigenvalue weighted by molar-refractivity contribution is 5.86. The molecule has 0 bridgehead atoms. The molecular formula is C14H11F3N4O. The maximum Gasteiger partial charge on any atom is 0.433 e. The smallest absolute Gasteiger partial charge is 0.433 e. The van der Waals surface area contributed by atoms with Gasteiger partial charge in [-0.1, -0.05) is 6.07 Å². The van der Waals surface area contributed by atoms with Crippen LogP contribution in [0.5, 0.6) is 0 Å². The summed E-state index contributed by atoms with van der Waals surface area (Å²) < 4.78 is 43.6. The second kappa shape index (κ2) is 4.90. The van der Waals surface area contributed by atoms with Crippen molar-refractivity contribution in [3.05, 3.63) is 41.6 Å². The Morgan fingerprint density at radius 2 is 1.86 bits per heavy atom. The van der Waals surface area contributed by atoms with E-state index in [1.54, 1.807) is 12.1 Å². The van der Waals surface area contributed by atoms with Gasteiger partial charge in [0.15, 0.2) is 0 Å². The lowest BCUT2D eigenvalue weighted by Crippen LogP contribution is -2.19. The number of benzene rings is 1. The summed E-state index contributed by atoms with van der Waals surface area (Å²) in [5.41, 5.74) is 12.3. The van der Waals surface area contributed by atoms with Crippen molar-refractivity contribution in [3.8, 4) is 11.3 Å². The maximum absolute atomic E-state index is 12.8. The van der Waals surface area contributed by atoms with Crippen LogP contribution in [-0.2, 0) is 17.5 Å². The number of ether oxygens (including phenoxy) is 1. The van der Waals surface area contributed by atoms with Crippen LogP contribution in [-0.4, -0.2) is 11.0 Å². The third-order valence-corrected chi connectivity index (χ3v) is 3.21. The Morgan fingerprint density at radius 1 is 1.09 bits per heavy atom. The zero-order valence-electron chi connectivity index (χ0n) is 11.2. The van der Waals surface area contributed by atoms with Gasteiger partial charge in [0, 0.05) is 16.8 Å². The molecule has 8 heteroatoms. The van der Waals surface area contributed by atoms with Crippen molar-refractivity contribution in [2.24, 2.45) is 10.7 Å². The molecule has 1 aliphatic rings. The van der Waals surface area contributed by atoms with Crippen molar-refractivity contribution in [3.63, 3.8) is 0 Å². The summed E-state index contributed by atoms with van der Waals surface area (Å²) in [5.74, 6) is 0. The molecule has 5 nitrogen and oxygen atoms in total. The molecule has 0 unspecified atom stereocenters. The first-order valence-corrected chi connectivity index (χ1v) is 6.29. The average molecular weight is 308 g/mol. The molecule has 0 spiro atoms. The first-order chi connectivity index (χ1) is 10.4. The first-order valence-electron chi connectivity index (χ1n) is 6.29. The number of nitrogens with zero attached hydrogens (tertiary/aromatic N) is 2. The first kappa shape index (κ1) is 14.2. The monoisotopic (exact) mass is 308 g/mol. The topological polar surface area (TPSA) is 86.5 Å². The number of rotatable bonds is 1. The largest absolute Gasteiger partial charge is 0.460 e. The zero-order chi connectivity index (χ0) is 15.9. The van der Waals surface area contributed by atoms with Crippen LogP contribution < -0.4 is 11.5 Å². The Kier molecular flexibility index (Phi) is 3.16. The van der Waals surface area contributed by atoms with Crippen molar-refractivity contribution in [2.45, 2.75) is 12.8 Å². The van der Waals surface area contributed by atoms with E-state index in [9.17, 15) is 13.2 Å². The fourth-order valence-corrected chi connectivity index (χ4v) is 2.24. The highest BCUT2D eigenvalue weighted by atomic mass is 19.4. The van der Waals surface area contributed by atoms with Crippen LogP contribution in [0, 0.1) is 0 Å². The van der Waals surface area contributed by atoms with E-state index in [-0.39, 0.29) is 18.3 Å². The number of fused-ring (bicyclic) bond motifs is 1. The van der Waals surface area contributed by atoms with Gasteiger partial charge in [-0.05, 0) is 24.3 Å². The van der Waals surface area contributed by atoms with Gasteiger partial charge in [-0.25, -0.2) is 4.98 Å².